The van der Waals surface area contributed by atoms with Gasteiger partial charge in [-0.25, -0.2) is 4.79 Å². The van der Waals surface area contributed by atoms with E-state index < -0.39 is 5.97 Å². The van der Waals surface area contributed by atoms with Crippen LogP contribution in [0.25, 0.3) is 5.69 Å². The van der Waals surface area contributed by atoms with Gasteiger partial charge in [0.1, 0.15) is 5.75 Å². The zero-order chi connectivity index (χ0) is 19.5. The molecule has 2 aromatic carbocycles. The fourth-order valence-corrected chi connectivity index (χ4v) is 3.05. The molecule has 28 heavy (non-hydrogen) atoms. The highest BCUT2D eigenvalue weighted by Crippen LogP contribution is 2.24. The molecule has 1 fully saturated rings. The van der Waals surface area contributed by atoms with Crippen LogP contribution in [0.1, 0.15) is 23.3 Å². The Kier molecular flexibility index (Phi) is 4.72. The van der Waals surface area contributed by atoms with Gasteiger partial charge in [0.2, 0.25) is 5.91 Å². The molecule has 1 amide bonds. The fraction of sp³-hybridized carbons (Fsp3) is 0.143. The number of hydrogen-bond acceptors (Lipinski definition) is 5. The van der Waals surface area contributed by atoms with E-state index in [9.17, 15) is 14.4 Å². The largest absolute Gasteiger partial charge is 0.422 e. The number of carbonyl (C=O) groups excluding carboxylic acids is 2. The van der Waals surface area contributed by atoms with Gasteiger partial charge >= 0.3 is 5.97 Å². The number of esters is 1. The van der Waals surface area contributed by atoms with Crippen LogP contribution in [-0.2, 0) is 4.79 Å². The van der Waals surface area contributed by atoms with E-state index in [1.807, 2.05) is 6.07 Å². The van der Waals surface area contributed by atoms with Crippen LogP contribution in [0.2, 0.25) is 0 Å². The molecule has 7 nitrogen and oxygen atoms in total. The zero-order valence-corrected chi connectivity index (χ0v) is 14.9. The van der Waals surface area contributed by atoms with Crippen molar-refractivity contribution in [2.45, 2.75) is 12.8 Å². The normalized spacial score (nSPS) is 13.6. The number of benzene rings is 2. The highest BCUT2D eigenvalue weighted by Gasteiger charge is 2.21. The van der Waals surface area contributed by atoms with Crippen LogP contribution in [0, 0.1) is 0 Å². The lowest BCUT2D eigenvalue weighted by Gasteiger charge is -2.15. The van der Waals surface area contributed by atoms with Crippen molar-refractivity contribution in [2.24, 2.45) is 0 Å². The maximum atomic E-state index is 12.4. The van der Waals surface area contributed by atoms with Crippen LogP contribution in [-0.4, -0.2) is 28.2 Å². The first kappa shape index (κ1) is 17.7. The summed E-state index contributed by atoms with van der Waals surface area (Å²) in [5.74, 6) is -0.244. The molecule has 7 heteroatoms. The topological polar surface area (TPSA) is 81.5 Å². The minimum Gasteiger partial charge on any atom is -0.422 e. The zero-order valence-electron chi connectivity index (χ0n) is 14.9. The summed E-state index contributed by atoms with van der Waals surface area (Å²) in [6.07, 6.45) is 1.40. The first-order valence-corrected chi connectivity index (χ1v) is 8.90. The van der Waals surface area contributed by atoms with E-state index in [1.165, 1.54) is 12.1 Å². The second kappa shape index (κ2) is 7.48. The average molecular weight is 375 g/mol. The Balaban J connectivity index is 1.52. The third kappa shape index (κ3) is 3.55. The summed E-state index contributed by atoms with van der Waals surface area (Å²) in [6, 6.07) is 18.2. The Bertz CT molecular complexity index is 1070. The van der Waals surface area contributed by atoms with E-state index in [0.29, 0.717) is 24.4 Å². The molecule has 1 saturated heterocycles. The third-order valence-electron chi connectivity index (χ3n) is 4.44. The van der Waals surface area contributed by atoms with Gasteiger partial charge in [-0.2, -0.15) is 9.78 Å². The number of rotatable bonds is 4. The number of ether oxygens (including phenoxy) is 1. The lowest BCUT2D eigenvalue weighted by molar-refractivity contribution is -0.117. The van der Waals surface area contributed by atoms with Crippen LogP contribution in [0.15, 0.2) is 71.5 Å². The van der Waals surface area contributed by atoms with E-state index in [0.717, 1.165) is 16.8 Å². The van der Waals surface area contributed by atoms with E-state index >= 15 is 0 Å². The first-order chi connectivity index (χ1) is 13.6. The lowest BCUT2D eigenvalue weighted by atomic mass is 10.3. The number of anilines is 1. The predicted molar refractivity (Wildman–Crippen MR) is 103 cm³/mol. The van der Waals surface area contributed by atoms with Crippen molar-refractivity contribution in [3.05, 3.63) is 82.8 Å². The summed E-state index contributed by atoms with van der Waals surface area (Å²) in [5, 5.41) is 4.11. The number of hydrogen-bond donors (Lipinski definition) is 0. The van der Waals surface area contributed by atoms with Crippen molar-refractivity contribution >= 4 is 17.6 Å². The van der Waals surface area contributed by atoms with Crippen LogP contribution in [0.4, 0.5) is 5.69 Å². The van der Waals surface area contributed by atoms with Gasteiger partial charge < -0.3 is 9.64 Å². The predicted octanol–water partition coefficient (Wildman–Crippen LogP) is 2.58. The Morgan fingerprint density at radius 1 is 0.893 bits per heavy atom. The quantitative estimate of drug-likeness (QED) is 0.517. The summed E-state index contributed by atoms with van der Waals surface area (Å²) in [6.45, 7) is 0.697. The third-order valence-corrected chi connectivity index (χ3v) is 4.44. The standard InChI is InChI=1S/C21H17N3O4/c25-19-7-4-14-23(19)15-8-10-17(11-9-15)28-21(27)18-12-13-20(26)24(22-18)16-5-2-1-3-6-16/h1-3,5-6,8-13H,4,7,14H2. The van der Waals surface area contributed by atoms with Crippen molar-refractivity contribution in [1.29, 1.82) is 0 Å². The smallest absolute Gasteiger partial charge is 0.364 e. The minimum absolute atomic E-state index is 0.0160. The summed E-state index contributed by atoms with van der Waals surface area (Å²) in [4.78, 5) is 38.0. The molecule has 0 bridgehead atoms. The van der Waals surface area contributed by atoms with E-state index in [-0.39, 0.29) is 17.2 Å². The van der Waals surface area contributed by atoms with Gasteiger partial charge in [-0.05, 0) is 48.9 Å². The molecule has 1 aromatic heterocycles. The molecular weight excluding hydrogens is 358 g/mol. The van der Waals surface area contributed by atoms with Gasteiger partial charge in [-0.15, -0.1) is 0 Å². The number of nitrogens with zero attached hydrogens (tertiary/aromatic N) is 3. The molecule has 140 valence electrons. The molecule has 0 N–H and O–H groups in total. The molecular formula is C21H17N3O4. The van der Waals surface area contributed by atoms with Crippen molar-refractivity contribution in [3.63, 3.8) is 0 Å². The van der Waals surface area contributed by atoms with E-state index in [4.69, 9.17) is 4.74 Å². The maximum Gasteiger partial charge on any atom is 0.364 e. The Morgan fingerprint density at radius 2 is 1.64 bits per heavy atom. The van der Waals surface area contributed by atoms with Gasteiger partial charge in [0.05, 0.1) is 5.69 Å². The Labute approximate surface area is 160 Å². The van der Waals surface area contributed by atoms with Gasteiger partial charge in [-0.1, -0.05) is 18.2 Å². The molecule has 1 aliphatic heterocycles. The highest BCUT2D eigenvalue weighted by molar-refractivity contribution is 5.95. The van der Waals surface area contributed by atoms with E-state index in [1.54, 1.807) is 53.4 Å². The molecule has 0 atom stereocenters. The number of aromatic nitrogens is 2. The summed E-state index contributed by atoms with van der Waals surface area (Å²) < 4.78 is 6.51. The van der Waals surface area contributed by atoms with Crippen molar-refractivity contribution in [1.82, 2.24) is 9.78 Å². The monoisotopic (exact) mass is 375 g/mol. The molecule has 1 aliphatic rings. The van der Waals surface area contributed by atoms with Crippen molar-refractivity contribution < 1.29 is 14.3 Å². The summed E-state index contributed by atoms with van der Waals surface area (Å²) >= 11 is 0. The minimum atomic E-state index is -0.672. The van der Waals surface area contributed by atoms with Crippen LogP contribution in [0.5, 0.6) is 5.75 Å². The van der Waals surface area contributed by atoms with Gasteiger partial charge in [-0.3, -0.25) is 9.59 Å². The Morgan fingerprint density at radius 3 is 2.32 bits per heavy atom. The molecule has 0 aliphatic carbocycles. The number of carbonyl (C=O) groups is 2. The molecule has 0 radical (unpaired) electrons. The SMILES string of the molecule is O=C(Oc1ccc(N2CCCC2=O)cc1)c1ccc(=O)n(-c2ccccc2)n1. The van der Waals surface area contributed by atoms with Crippen LogP contribution < -0.4 is 15.2 Å². The molecule has 0 saturated carbocycles. The number of amides is 1. The highest BCUT2D eigenvalue weighted by atomic mass is 16.5. The summed E-state index contributed by atoms with van der Waals surface area (Å²) in [7, 11) is 0. The summed E-state index contributed by atoms with van der Waals surface area (Å²) in [5.41, 5.74) is 1.00. The van der Waals surface area contributed by atoms with Crippen LogP contribution in [0.3, 0.4) is 0 Å². The molecule has 0 spiro atoms. The Hall–Kier alpha value is -3.74. The molecule has 0 unspecified atom stereocenters. The average Bonchev–Trinajstić information content (AvgIpc) is 3.15. The lowest BCUT2D eigenvalue weighted by Crippen LogP contribution is -2.24. The molecule has 4 rings (SSSR count). The second-order valence-electron chi connectivity index (χ2n) is 6.34. The van der Waals surface area contributed by atoms with Crippen LogP contribution >= 0.6 is 0 Å². The second-order valence-corrected chi connectivity index (χ2v) is 6.34. The molecule has 3 aromatic rings. The first-order valence-electron chi connectivity index (χ1n) is 8.90. The van der Waals surface area contributed by atoms with Gasteiger partial charge in [0.15, 0.2) is 5.69 Å². The van der Waals surface area contributed by atoms with Crippen molar-refractivity contribution in [2.75, 3.05) is 11.4 Å². The van der Waals surface area contributed by atoms with Gasteiger partial charge in [0, 0.05) is 24.7 Å². The van der Waals surface area contributed by atoms with Gasteiger partial charge in [0.25, 0.3) is 5.56 Å². The number of para-hydroxylation sites is 1. The van der Waals surface area contributed by atoms with Crippen molar-refractivity contribution in [3.8, 4) is 11.4 Å². The maximum absolute atomic E-state index is 12.4. The molecule has 2 heterocycles. The van der Waals surface area contributed by atoms with E-state index in [2.05, 4.69) is 5.10 Å². The fourth-order valence-electron chi connectivity index (χ4n) is 3.05.